The van der Waals surface area contributed by atoms with Crippen LogP contribution >= 0.6 is 11.6 Å². The summed E-state index contributed by atoms with van der Waals surface area (Å²) in [5.74, 6) is 0.634. The van der Waals surface area contributed by atoms with Crippen molar-refractivity contribution in [1.82, 2.24) is 5.32 Å². The summed E-state index contributed by atoms with van der Waals surface area (Å²) in [5, 5.41) is 6.26. The van der Waals surface area contributed by atoms with E-state index in [1.54, 1.807) is 6.07 Å². The average molecular weight is 375 g/mol. The number of anilines is 1. The number of carbonyl (C=O) groups excluding carboxylic acids is 1. The van der Waals surface area contributed by atoms with Crippen molar-refractivity contribution in [1.29, 1.82) is 0 Å². The molecule has 1 heterocycles. The van der Waals surface area contributed by atoms with Crippen molar-refractivity contribution < 1.29 is 14.3 Å². The van der Waals surface area contributed by atoms with Gasteiger partial charge in [-0.3, -0.25) is 0 Å². The minimum atomic E-state index is -0.310. The van der Waals surface area contributed by atoms with Gasteiger partial charge in [0.15, 0.2) is 0 Å². The second-order valence-electron chi connectivity index (χ2n) is 6.19. The van der Waals surface area contributed by atoms with Crippen LogP contribution in [0.2, 0.25) is 5.02 Å². The van der Waals surface area contributed by atoms with Gasteiger partial charge in [0.05, 0.1) is 11.8 Å². The number of nitrogens with one attached hydrogen (secondary N) is 2. The molecule has 1 aliphatic heterocycles. The molecule has 6 heteroatoms. The molecule has 2 aromatic carbocycles. The molecular weight excluding hydrogens is 352 g/mol. The zero-order valence-electron chi connectivity index (χ0n) is 14.5. The summed E-state index contributed by atoms with van der Waals surface area (Å²) in [5.41, 5.74) is 1.49. The van der Waals surface area contributed by atoms with E-state index in [0.717, 1.165) is 25.0 Å². The van der Waals surface area contributed by atoms with E-state index in [9.17, 15) is 4.79 Å². The van der Waals surface area contributed by atoms with Crippen LogP contribution in [-0.2, 0) is 11.3 Å². The van der Waals surface area contributed by atoms with Gasteiger partial charge in [-0.2, -0.15) is 0 Å². The Balaban J connectivity index is 1.53. The van der Waals surface area contributed by atoms with Gasteiger partial charge < -0.3 is 20.1 Å². The van der Waals surface area contributed by atoms with E-state index >= 15 is 0 Å². The van der Waals surface area contributed by atoms with Crippen molar-refractivity contribution in [2.24, 2.45) is 0 Å². The highest BCUT2D eigenvalue weighted by Gasteiger charge is 2.15. The first-order valence-electron chi connectivity index (χ1n) is 8.84. The molecular formula is C20H23ClN2O3. The van der Waals surface area contributed by atoms with E-state index < -0.39 is 0 Å². The number of hydrogen-bond donors (Lipinski definition) is 2. The molecule has 0 bridgehead atoms. The molecule has 1 fully saturated rings. The van der Waals surface area contributed by atoms with E-state index in [1.165, 1.54) is 6.42 Å². The van der Waals surface area contributed by atoms with E-state index in [2.05, 4.69) is 10.6 Å². The molecule has 2 amide bonds. The second-order valence-corrected chi connectivity index (χ2v) is 6.60. The Hall–Kier alpha value is -2.24. The Morgan fingerprint density at radius 1 is 1.15 bits per heavy atom. The molecule has 1 saturated heterocycles. The van der Waals surface area contributed by atoms with Gasteiger partial charge in [-0.25, -0.2) is 4.79 Å². The van der Waals surface area contributed by atoms with Crippen molar-refractivity contribution in [3.05, 3.63) is 59.1 Å². The molecule has 2 N–H and O–H groups in total. The summed E-state index contributed by atoms with van der Waals surface area (Å²) >= 11 is 6.10. The molecule has 138 valence electrons. The summed E-state index contributed by atoms with van der Waals surface area (Å²) < 4.78 is 11.6. The third-order valence-corrected chi connectivity index (χ3v) is 4.60. The third kappa shape index (κ3) is 5.38. The smallest absolute Gasteiger partial charge is 0.319 e. The van der Waals surface area contributed by atoms with Gasteiger partial charge in [0.1, 0.15) is 12.4 Å². The summed E-state index contributed by atoms with van der Waals surface area (Å²) in [6.45, 7) is 1.63. The lowest BCUT2D eigenvalue weighted by Gasteiger charge is -2.23. The molecule has 0 saturated carbocycles. The molecule has 1 unspecified atom stereocenters. The molecule has 0 radical (unpaired) electrons. The van der Waals surface area contributed by atoms with Crippen molar-refractivity contribution in [2.75, 3.05) is 18.5 Å². The highest BCUT2D eigenvalue weighted by atomic mass is 35.5. The summed E-state index contributed by atoms with van der Waals surface area (Å²) in [4.78, 5) is 12.2. The minimum absolute atomic E-state index is 0.117. The number of ether oxygens (including phenoxy) is 2. The van der Waals surface area contributed by atoms with Gasteiger partial charge in [-0.05, 0) is 43.0 Å². The van der Waals surface area contributed by atoms with E-state index in [1.807, 2.05) is 42.5 Å². The maximum absolute atomic E-state index is 12.2. The monoisotopic (exact) mass is 374 g/mol. The lowest BCUT2D eigenvalue weighted by molar-refractivity contribution is -0.0109. The van der Waals surface area contributed by atoms with Gasteiger partial charge in [0.25, 0.3) is 0 Å². The van der Waals surface area contributed by atoms with Crippen LogP contribution in [0.15, 0.2) is 48.5 Å². The molecule has 1 atom stereocenters. The first kappa shape index (κ1) is 18.5. The highest BCUT2D eigenvalue weighted by Crippen LogP contribution is 2.25. The first-order chi connectivity index (χ1) is 12.7. The maximum atomic E-state index is 12.2. The van der Waals surface area contributed by atoms with Crippen LogP contribution in [0.4, 0.5) is 10.5 Å². The molecule has 1 aliphatic rings. The van der Waals surface area contributed by atoms with Gasteiger partial charge in [0.2, 0.25) is 0 Å². The first-order valence-corrected chi connectivity index (χ1v) is 9.22. The summed E-state index contributed by atoms with van der Waals surface area (Å²) in [6, 6.07) is 14.5. The molecule has 26 heavy (non-hydrogen) atoms. The van der Waals surface area contributed by atoms with E-state index in [-0.39, 0.29) is 12.1 Å². The second kappa shape index (κ2) is 9.46. The summed E-state index contributed by atoms with van der Waals surface area (Å²) in [6.07, 6.45) is 3.40. The SMILES string of the molecule is O=C(NCc1ccccc1Cl)Nc1ccccc1OCC1CCCCO1. The zero-order chi connectivity index (χ0) is 18.2. The molecule has 5 nitrogen and oxygen atoms in total. The molecule has 2 aromatic rings. The van der Waals surface area contributed by atoms with Crippen LogP contribution in [0.25, 0.3) is 0 Å². The third-order valence-electron chi connectivity index (χ3n) is 4.23. The predicted molar refractivity (Wildman–Crippen MR) is 103 cm³/mol. The van der Waals surface area contributed by atoms with Gasteiger partial charge in [-0.1, -0.05) is 41.9 Å². The van der Waals surface area contributed by atoms with E-state index in [0.29, 0.717) is 29.6 Å². The fourth-order valence-electron chi connectivity index (χ4n) is 2.80. The van der Waals surface area contributed by atoms with Crippen LogP contribution in [0.5, 0.6) is 5.75 Å². The minimum Gasteiger partial charge on any atom is -0.489 e. The Morgan fingerprint density at radius 3 is 2.77 bits per heavy atom. The number of halogens is 1. The molecule has 0 spiro atoms. The number of urea groups is 1. The van der Waals surface area contributed by atoms with Gasteiger partial charge >= 0.3 is 6.03 Å². The topological polar surface area (TPSA) is 59.6 Å². The van der Waals surface area contributed by atoms with Crippen LogP contribution in [-0.4, -0.2) is 25.3 Å². The fourth-order valence-corrected chi connectivity index (χ4v) is 3.00. The van der Waals surface area contributed by atoms with E-state index in [4.69, 9.17) is 21.1 Å². The fraction of sp³-hybridized carbons (Fsp3) is 0.350. The average Bonchev–Trinajstić information content (AvgIpc) is 2.67. The summed E-state index contributed by atoms with van der Waals surface area (Å²) in [7, 11) is 0. The number of carbonyl (C=O) groups is 1. The normalized spacial score (nSPS) is 16.7. The van der Waals surface area contributed by atoms with Crippen molar-refractivity contribution in [3.8, 4) is 5.75 Å². The Morgan fingerprint density at radius 2 is 1.96 bits per heavy atom. The number of para-hydroxylation sites is 2. The number of hydrogen-bond acceptors (Lipinski definition) is 3. The van der Waals surface area contributed by atoms with Crippen molar-refractivity contribution in [2.45, 2.75) is 31.9 Å². The van der Waals surface area contributed by atoms with Crippen LogP contribution in [0.3, 0.4) is 0 Å². The Bertz CT molecular complexity index is 733. The number of benzene rings is 2. The largest absolute Gasteiger partial charge is 0.489 e. The molecule has 0 aliphatic carbocycles. The molecule has 3 rings (SSSR count). The molecule has 0 aromatic heterocycles. The maximum Gasteiger partial charge on any atom is 0.319 e. The quantitative estimate of drug-likeness (QED) is 0.776. The predicted octanol–water partition coefficient (Wildman–Crippen LogP) is 4.61. The standard InChI is InChI=1S/C20H23ClN2O3/c21-17-9-2-1-7-15(17)13-22-20(24)23-18-10-3-4-11-19(18)26-14-16-8-5-6-12-25-16/h1-4,7,9-11,16H,5-6,8,12-14H2,(H2,22,23,24). The number of amides is 2. The van der Waals surface area contributed by atoms with Gasteiger partial charge in [0, 0.05) is 18.2 Å². The lowest BCUT2D eigenvalue weighted by Crippen LogP contribution is -2.29. The van der Waals surface area contributed by atoms with Crippen LogP contribution < -0.4 is 15.4 Å². The highest BCUT2D eigenvalue weighted by molar-refractivity contribution is 6.31. The zero-order valence-corrected chi connectivity index (χ0v) is 15.3. The van der Waals surface area contributed by atoms with Crippen molar-refractivity contribution >= 4 is 23.3 Å². The Kier molecular flexibility index (Phi) is 6.75. The lowest BCUT2D eigenvalue weighted by atomic mass is 10.1. The Labute approximate surface area is 158 Å². The van der Waals surface area contributed by atoms with Gasteiger partial charge in [-0.15, -0.1) is 0 Å². The number of rotatable bonds is 6. The van der Waals surface area contributed by atoms with Crippen molar-refractivity contribution in [3.63, 3.8) is 0 Å². The van der Waals surface area contributed by atoms with Crippen LogP contribution in [0, 0.1) is 0 Å². The van der Waals surface area contributed by atoms with Crippen LogP contribution in [0.1, 0.15) is 24.8 Å².